The van der Waals surface area contributed by atoms with Crippen LogP contribution in [0.25, 0.3) is 0 Å². The Hall–Kier alpha value is -0.700. The average molecular weight is 193 g/mol. The molecule has 4 heteroatoms. The second-order valence-corrected chi connectivity index (χ2v) is 2.20. The van der Waals surface area contributed by atoms with Crippen LogP contribution in [0.5, 0.6) is 0 Å². The third-order valence-electron chi connectivity index (χ3n) is 1.03. The van der Waals surface area contributed by atoms with Crippen LogP contribution in [0.3, 0.4) is 0 Å². The van der Waals surface area contributed by atoms with E-state index in [1.807, 2.05) is 6.92 Å². The summed E-state index contributed by atoms with van der Waals surface area (Å²) in [5, 5.41) is 0. The van der Waals surface area contributed by atoms with E-state index >= 15 is 0 Å². The van der Waals surface area contributed by atoms with Gasteiger partial charge in [-0.3, -0.25) is 0 Å². The maximum absolute atomic E-state index is 10.8. The van der Waals surface area contributed by atoms with Crippen LogP contribution < -0.4 is 0 Å². The zero-order valence-corrected chi connectivity index (χ0v) is 8.06. The quantitative estimate of drug-likeness (QED) is 0.288. The minimum Gasteiger partial charge on any atom is -0.497 e. The molecular weight excluding hydrogens is 180 g/mol. The molecule has 0 aromatic rings. The van der Waals surface area contributed by atoms with Crippen LogP contribution in [0.4, 0.5) is 0 Å². The number of hydrogen-bond donors (Lipinski definition) is 0. The molecule has 0 aliphatic heterocycles. The van der Waals surface area contributed by atoms with Crippen molar-refractivity contribution in [1.29, 1.82) is 0 Å². The lowest BCUT2D eigenvalue weighted by Crippen LogP contribution is -2.03. The van der Waals surface area contributed by atoms with E-state index in [9.17, 15) is 4.79 Å². The van der Waals surface area contributed by atoms with E-state index in [0.29, 0.717) is 19.0 Å². The van der Waals surface area contributed by atoms with Gasteiger partial charge in [-0.25, -0.2) is 4.79 Å². The highest BCUT2D eigenvalue weighted by Crippen LogP contribution is 2.00. The molecule has 0 radical (unpaired) electrons. The van der Waals surface area contributed by atoms with Crippen molar-refractivity contribution in [2.45, 2.75) is 13.8 Å². The van der Waals surface area contributed by atoms with Gasteiger partial charge in [0.2, 0.25) is 0 Å². The first-order valence-corrected chi connectivity index (χ1v) is 4.34. The Morgan fingerprint density at radius 2 is 1.92 bits per heavy atom. The summed E-state index contributed by atoms with van der Waals surface area (Å²) >= 11 is 5.49. The molecule has 0 rings (SSSR count). The molecule has 12 heavy (non-hydrogen) atoms. The van der Waals surface area contributed by atoms with Gasteiger partial charge < -0.3 is 9.47 Å². The summed E-state index contributed by atoms with van der Waals surface area (Å²) < 4.78 is 9.70. The number of alkyl halides is 1. The molecule has 0 atom stereocenters. The molecule has 0 spiro atoms. The highest BCUT2D eigenvalue weighted by molar-refractivity contribution is 6.19. The predicted octanol–water partition coefficient (Wildman–Crippen LogP) is 1.71. The number of carbonyl (C=O) groups excluding carboxylic acids is 1. The number of ether oxygens (including phenoxy) is 2. The lowest BCUT2D eigenvalue weighted by atomic mass is 10.5. The van der Waals surface area contributed by atoms with Gasteiger partial charge in [0.25, 0.3) is 0 Å². The number of carbonyl (C=O) groups is 1. The number of rotatable bonds is 5. The third-order valence-corrected chi connectivity index (χ3v) is 1.29. The number of allylic oxidation sites excluding steroid dienone is 1. The average Bonchev–Trinajstić information content (AvgIpc) is 2.04. The summed E-state index contributed by atoms with van der Waals surface area (Å²) in [5.41, 5.74) is 0. The van der Waals surface area contributed by atoms with Crippen molar-refractivity contribution in [2.24, 2.45) is 0 Å². The van der Waals surface area contributed by atoms with Gasteiger partial charge in [0.1, 0.15) is 5.76 Å². The van der Waals surface area contributed by atoms with Crippen molar-refractivity contribution in [3.63, 3.8) is 0 Å². The van der Waals surface area contributed by atoms with Gasteiger partial charge in [0.15, 0.2) is 0 Å². The fourth-order valence-corrected chi connectivity index (χ4v) is 0.774. The Morgan fingerprint density at radius 3 is 2.33 bits per heavy atom. The minimum absolute atomic E-state index is 0.187. The standard InChI is InChI=1S/C8H13ClO3/c1-3-11-7(6-9)5-8(10)12-4-2/h5H,3-4,6H2,1-2H3. The van der Waals surface area contributed by atoms with Crippen LogP contribution in [0.2, 0.25) is 0 Å². The third kappa shape index (κ3) is 5.02. The molecule has 70 valence electrons. The number of hydrogen-bond acceptors (Lipinski definition) is 3. The maximum Gasteiger partial charge on any atom is 0.334 e. The van der Waals surface area contributed by atoms with E-state index in [1.54, 1.807) is 6.92 Å². The Bertz CT molecular complexity index is 166. The summed E-state index contributed by atoms with van der Waals surface area (Å²) in [5.74, 6) is 0.214. The van der Waals surface area contributed by atoms with E-state index < -0.39 is 5.97 Å². The Balaban J connectivity index is 3.98. The van der Waals surface area contributed by atoms with Crippen LogP contribution >= 0.6 is 11.6 Å². The summed E-state index contributed by atoms with van der Waals surface area (Å²) in [6.07, 6.45) is 1.26. The highest BCUT2D eigenvalue weighted by Gasteiger charge is 2.01. The van der Waals surface area contributed by atoms with Gasteiger partial charge in [-0.1, -0.05) is 0 Å². The van der Waals surface area contributed by atoms with Crippen molar-refractivity contribution in [3.05, 3.63) is 11.8 Å². The number of halogens is 1. The van der Waals surface area contributed by atoms with E-state index in [1.165, 1.54) is 6.08 Å². The Labute approximate surface area is 77.3 Å². The molecule has 0 aromatic heterocycles. The fourth-order valence-electron chi connectivity index (χ4n) is 0.620. The van der Waals surface area contributed by atoms with Crippen molar-refractivity contribution >= 4 is 17.6 Å². The molecule has 0 fully saturated rings. The van der Waals surface area contributed by atoms with E-state index in [2.05, 4.69) is 4.74 Å². The van der Waals surface area contributed by atoms with Gasteiger partial charge in [-0.15, -0.1) is 11.6 Å². The molecule has 0 heterocycles. The summed E-state index contributed by atoms with van der Waals surface area (Å²) in [6, 6.07) is 0. The zero-order valence-electron chi connectivity index (χ0n) is 7.30. The normalized spacial score (nSPS) is 11.1. The van der Waals surface area contributed by atoms with Gasteiger partial charge in [0, 0.05) is 0 Å². The maximum atomic E-state index is 10.8. The van der Waals surface area contributed by atoms with E-state index in [0.717, 1.165) is 0 Å². The molecule has 0 saturated heterocycles. The van der Waals surface area contributed by atoms with Gasteiger partial charge in [-0.05, 0) is 13.8 Å². The SMILES string of the molecule is CCOC(=O)C=C(CCl)OCC. The van der Waals surface area contributed by atoms with Crippen molar-refractivity contribution in [2.75, 3.05) is 19.1 Å². The first-order valence-electron chi connectivity index (χ1n) is 3.80. The highest BCUT2D eigenvalue weighted by atomic mass is 35.5. The zero-order chi connectivity index (χ0) is 9.40. The lowest BCUT2D eigenvalue weighted by molar-refractivity contribution is -0.137. The Kier molecular flexibility index (Phi) is 6.57. The predicted molar refractivity (Wildman–Crippen MR) is 47.1 cm³/mol. The molecule has 0 saturated carbocycles. The lowest BCUT2D eigenvalue weighted by Gasteiger charge is -2.03. The molecule has 0 bridgehead atoms. The summed E-state index contributed by atoms with van der Waals surface area (Å²) in [7, 11) is 0. The Morgan fingerprint density at radius 1 is 1.33 bits per heavy atom. The molecule has 0 aliphatic rings. The van der Waals surface area contributed by atoms with Gasteiger partial charge in [0.05, 0.1) is 25.2 Å². The van der Waals surface area contributed by atoms with E-state index in [4.69, 9.17) is 16.3 Å². The molecule has 3 nitrogen and oxygen atoms in total. The fraction of sp³-hybridized carbons (Fsp3) is 0.625. The topological polar surface area (TPSA) is 35.5 Å². The van der Waals surface area contributed by atoms with Crippen LogP contribution in [0.15, 0.2) is 11.8 Å². The molecule has 0 unspecified atom stereocenters. The van der Waals surface area contributed by atoms with Gasteiger partial charge >= 0.3 is 5.97 Å². The molecule has 0 aromatic carbocycles. The summed E-state index contributed by atoms with van der Waals surface area (Å²) in [4.78, 5) is 10.8. The van der Waals surface area contributed by atoms with Gasteiger partial charge in [-0.2, -0.15) is 0 Å². The summed E-state index contributed by atoms with van der Waals surface area (Å²) in [6.45, 7) is 4.42. The van der Waals surface area contributed by atoms with Crippen LogP contribution in [0.1, 0.15) is 13.8 Å². The van der Waals surface area contributed by atoms with Crippen molar-refractivity contribution < 1.29 is 14.3 Å². The molecule has 0 amide bonds. The van der Waals surface area contributed by atoms with Crippen molar-refractivity contribution in [1.82, 2.24) is 0 Å². The molecule has 0 aliphatic carbocycles. The monoisotopic (exact) mass is 192 g/mol. The first kappa shape index (κ1) is 11.3. The van der Waals surface area contributed by atoms with Crippen LogP contribution in [-0.4, -0.2) is 25.1 Å². The first-order chi connectivity index (χ1) is 5.74. The minimum atomic E-state index is -0.415. The smallest absolute Gasteiger partial charge is 0.334 e. The van der Waals surface area contributed by atoms with Crippen molar-refractivity contribution in [3.8, 4) is 0 Å². The number of esters is 1. The largest absolute Gasteiger partial charge is 0.497 e. The second-order valence-electron chi connectivity index (χ2n) is 1.93. The molecular formula is C8H13ClO3. The van der Waals surface area contributed by atoms with E-state index in [-0.39, 0.29) is 5.88 Å². The van der Waals surface area contributed by atoms with Crippen LogP contribution in [-0.2, 0) is 14.3 Å². The van der Waals surface area contributed by atoms with Crippen LogP contribution in [0, 0.1) is 0 Å². The second kappa shape index (κ2) is 6.98. The molecule has 0 N–H and O–H groups in total.